The first-order valence-corrected chi connectivity index (χ1v) is 8.48. The summed E-state index contributed by atoms with van der Waals surface area (Å²) >= 11 is 0. The van der Waals surface area contributed by atoms with E-state index < -0.39 is 9.84 Å². The summed E-state index contributed by atoms with van der Waals surface area (Å²) in [5, 5.41) is 3.21. The van der Waals surface area contributed by atoms with Crippen molar-refractivity contribution in [3.63, 3.8) is 0 Å². The second kappa shape index (κ2) is 5.54. The highest BCUT2D eigenvalue weighted by Gasteiger charge is 2.25. The Bertz CT molecular complexity index is 619. The summed E-state index contributed by atoms with van der Waals surface area (Å²) in [4.78, 5) is 14.3. The van der Waals surface area contributed by atoms with Gasteiger partial charge < -0.3 is 10.2 Å². The lowest BCUT2D eigenvalue weighted by molar-refractivity contribution is 0.0743. The molecule has 1 N–H and O–H groups in total. The Labute approximate surface area is 119 Å². The normalized spacial score (nSPS) is 19.1. The van der Waals surface area contributed by atoms with Gasteiger partial charge in [-0.25, -0.2) is 8.42 Å². The molecule has 2 rings (SSSR count). The first-order valence-electron chi connectivity index (χ1n) is 6.59. The van der Waals surface area contributed by atoms with Crippen molar-refractivity contribution in [3.8, 4) is 0 Å². The van der Waals surface area contributed by atoms with Gasteiger partial charge in [-0.15, -0.1) is 0 Å². The fraction of sp³-hybridized carbons (Fsp3) is 0.500. The maximum absolute atomic E-state index is 12.4. The van der Waals surface area contributed by atoms with Crippen LogP contribution in [0.2, 0.25) is 0 Å². The van der Waals surface area contributed by atoms with Crippen molar-refractivity contribution < 1.29 is 13.2 Å². The molecule has 1 aromatic rings. The molecule has 1 heterocycles. The molecular formula is C14H20N2O3S. The first kappa shape index (κ1) is 15.0. The zero-order chi connectivity index (χ0) is 14.9. The summed E-state index contributed by atoms with van der Waals surface area (Å²) in [6, 6.07) is 5.02. The minimum absolute atomic E-state index is 0.136. The average molecular weight is 296 g/mol. The maximum Gasteiger partial charge on any atom is 0.253 e. The molecule has 5 nitrogen and oxygen atoms in total. The van der Waals surface area contributed by atoms with E-state index in [-0.39, 0.29) is 16.8 Å². The second-order valence-electron chi connectivity index (χ2n) is 5.32. The zero-order valence-electron chi connectivity index (χ0n) is 12.0. The predicted molar refractivity (Wildman–Crippen MR) is 77.7 cm³/mol. The third-order valence-electron chi connectivity index (χ3n) is 3.74. The fourth-order valence-electron chi connectivity index (χ4n) is 2.47. The van der Waals surface area contributed by atoms with Gasteiger partial charge in [-0.1, -0.05) is 6.07 Å². The number of hydrogen-bond acceptors (Lipinski definition) is 4. The van der Waals surface area contributed by atoms with Gasteiger partial charge in [0.15, 0.2) is 9.84 Å². The number of amides is 1. The molecule has 1 aliphatic rings. The van der Waals surface area contributed by atoms with Crippen LogP contribution >= 0.6 is 0 Å². The van der Waals surface area contributed by atoms with E-state index in [1.54, 1.807) is 31.0 Å². The molecule has 1 aliphatic heterocycles. The highest BCUT2D eigenvalue weighted by Crippen LogP contribution is 2.19. The highest BCUT2D eigenvalue weighted by atomic mass is 32.2. The van der Waals surface area contributed by atoms with Crippen molar-refractivity contribution >= 4 is 15.7 Å². The Balaban J connectivity index is 2.31. The summed E-state index contributed by atoms with van der Waals surface area (Å²) < 4.78 is 23.4. The Morgan fingerprint density at radius 1 is 1.40 bits per heavy atom. The molecule has 0 saturated carbocycles. The Kier molecular flexibility index (Phi) is 4.15. The van der Waals surface area contributed by atoms with Crippen LogP contribution in [0.15, 0.2) is 23.1 Å². The van der Waals surface area contributed by atoms with Crippen LogP contribution in [0.3, 0.4) is 0 Å². The van der Waals surface area contributed by atoms with Gasteiger partial charge in [0.25, 0.3) is 5.91 Å². The third-order valence-corrected chi connectivity index (χ3v) is 4.98. The smallest absolute Gasteiger partial charge is 0.253 e. The van der Waals surface area contributed by atoms with Gasteiger partial charge in [0.05, 0.1) is 4.90 Å². The molecule has 0 unspecified atom stereocenters. The van der Waals surface area contributed by atoms with Crippen molar-refractivity contribution in [2.75, 3.05) is 26.4 Å². The fourth-order valence-corrected chi connectivity index (χ4v) is 3.47. The number of nitrogens with zero attached hydrogens (tertiary/aromatic N) is 1. The van der Waals surface area contributed by atoms with E-state index in [0.29, 0.717) is 11.1 Å². The lowest BCUT2D eigenvalue weighted by Gasteiger charge is -2.24. The standard InChI is InChI=1S/C14H20N2O3S/c1-10-4-5-11(8-13(10)20(3,18)19)14(17)16(2)12-6-7-15-9-12/h4-5,8,12,15H,6-7,9H2,1-3H3/t12-/m1/s1. The molecule has 0 aromatic heterocycles. The van der Waals surface area contributed by atoms with E-state index in [1.807, 2.05) is 0 Å². The number of nitrogens with one attached hydrogen (secondary N) is 1. The Morgan fingerprint density at radius 3 is 2.65 bits per heavy atom. The van der Waals surface area contributed by atoms with Crippen LogP contribution in [0, 0.1) is 6.92 Å². The summed E-state index contributed by atoms with van der Waals surface area (Å²) in [7, 11) is -1.55. The van der Waals surface area contributed by atoms with Gasteiger partial charge in [0.2, 0.25) is 0 Å². The van der Waals surface area contributed by atoms with Crippen molar-refractivity contribution in [3.05, 3.63) is 29.3 Å². The number of hydrogen-bond donors (Lipinski definition) is 1. The molecule has 1 saturated heterocycles. The summed E-state index contributed by atoms with van der Waals surface area (Å²) in [6.45, 7) is 3.42. The molecule has 6 heteroatoms. The van der Waals surface area contributed by atoms with Crippen molar-refractivity contribution in [1.29, 1.82) is 0 Å². The molecule has 0 aliphatic carbocycles. The summed E-state index contributed by atoms with van der Waals surface area (Å²) in [5.41, 5.74) is 1.08. The lowest BCUT2D eigenvalue weighted by atomic mass is 10.1. The quantitative estimate of drug-likeness (QED) is 0.897. The van der Waals surface area contributed by atoms with Gasteiger partial charge in [0.1, 0.15) is 0 Å². The Hall–Kier alpha value is -1.40. The molecule has 0 spiro atoms. The monoisotopic (exact) mass is 296 g/mol. The number of likely N-dealkylation sites (N-methyl/N-ethyl adjacent to an activating group) is 1. The van der Waals surface area contributed by atoms with Crippen molar-refractivity contribution in [2.45, 2.75) is 24.3 Å². The SMILES string of the molecule is Cc1ccc(C(=O)N(C)[C@@H]2CCNC2)cc1S(C)(=O)=O. The summed E-state index contributed by atoms with van der Waals surface area (Å²) in [6.07, 6.45) is 2.08. The number of carbonyl (C=O) groups is 1. The van der Waals surface area contributed by atoms with Crippen LogP contribution in [-0.2, 0) is 9.84 Å². The van der Waals surface area contributed by atoms with E-state index in [1.165, 1.54) is 6.07 Å². The minimum atomic E-state index is -3.32. The number of benzene rings is 1. The van der Waals surface area contributed by atoms with Crippen LogP contribution in [0.5, 0.6) is 0 Å². The van der Waals surface area contributed by atoms with Gasteiger partial charge in [-0.3, -0.25) is 4.79 Å². The minimum Gasteiger partial charge on any atom is -0.337 e. The molecule has 0 radical (unpaired) electrons. The number of rotatable bonds is 3. The van der Waals surface area contributed by atoms with E-state index in [4.69, 9.17) is 0 Å². The van der Waals surface area contributed by atoms with Gasteiger partial charge in [-0.2, -0.15) is 0 Å². The van der Waals surface area contributed by atoms with Gasteiger partial charge >= 0.3 is 0 Å². The molecule has 0 bridgehead atoms. The summed E-state index contributed by atoms with van der Waals surface area (Å²) in [5.74, 6) is -0.136. The van der Waals surface area contributed by atoms with E-state index >= 15 is 0 Å². The zero-order valence-corrected chi connectivity index (χ0v) is 12.8. The lowest BCUT2D eigenvalue weighted by Crippen LogP contribution is -2.38. The van der Waals surface area contributed by atoms with Crippen molar-refractivity contribution in [2.24, 2.45) is 0 Å². The first-order chi connectivity index (χ1) is 9.30. The number of aryl methyl sites for hydroxylation is 1. The van der Waals surface area contributed by atoms with Crippen LogP contribution in [0.25, 0.3) is 0 Å². The average Bonchev–Trinajstić information content (AvgIpc) is 2.90. The molecule has 1 aromatic carbocycles. The molecule has 110 valence electrons. The topological polar surface area (TPSA) is 66.5 Å². The van der Waals surface area contributed by atoms with Gasteiger partial charge in [0, 0.05) is 31.5 Å². The van der Waals surface area contributed by atoms with Crippen LogP contribution < -0.4 is 5.32 Å². The molecule has 1 atom stereocenters. The van der Waals surface area contributed by atoms with Crippen LogP contribution in [-0.4, -0.2) is 51.7 Å². The molecule has 1 fully saturated rings. The largest absolute Gasteiger partial charge is 0.337 e. The second-order valence-corrected chi connectivity index (χ2v) is 7.30. The van der Waals surface area contributed by atoms with Crippen LogP contribution in [0.4, 0.5) is 0 Å². The van der Waals surface area contributed by atoms with E-state index in [9.17, 15) is 13.2 Å². The predicted octanol–water partition coefficient (Wildman–Crippen LogP) is 0.832. The van der Waals surface area contributed by atoms with Gasteiger partial charge in [-0.05, 0) is 37.6 Å². The van der Waals surface area contributed by atoms with Crippen LogP contribution in [0.1, 0.15) is 22.3 Å². The maximum atomic E-state index is 12.4. The third kappa shape index (κ3) is 3.02. The van der Waals surface area contributed by atoms with E-state index in [2.05, 4.69) is 5.32 Å². The van der Waals surface area contributed by atoms with Crippen molar-refractivity contribution in [1.82, 2.24) is 10.2 Å². The van der Waals surface area contributed by atoms with E-state index in [0.717, 1.165) is 25.8 Å². The highest BCUT2D eigenvalue weighted by molar-refractivity contribution is 7.90. The Morgan fingerprint density at radius 2 is 2.10 bits per heavy atom. The molecule has 1 amide bonds. The number of sulfone groups is 1. The number of carbonyl (C=O) groups excluding carboxylic acids is 1. The molecular weight excluding hydrogens is 276 g/mol. The molecule has 20 heavy (non-hydrogen) atoms.